The molecule has 0 heterocycles. The van der Waals surface area contributed by atoms with E-state index in [2.05, 4.69) is 37.2 Å². The first-order valence-electron chi connectivity index (χ1n) is 5.87. The van der Waals surface area contributed by atoms with E-state index in [1.165, 1.54) is 12.8 Å². The minimum atomic E-state index is 0.338. The number of nitrogens with one attached hydrogen (secondary N) is 1. The Labute approximate surface area is 93.5 Å². The summed E-state index contributed by atoms with van der Waals surface area (Å²) in [7, 11) is 2.15. The normalized spacial score (nSPS) is 18.1. The Balaban J connectivity index is 2.05. The maximum Gasteiger partial charge on any atom is 0.0628 e. The van der Waals surface area contributed by atoms with Crippen LogP contribution in [0.2, 0.25) is 0 Å². The van der Waals surface area contributed by atoms with E-state index >= 15 is 0 Å². The Bertz CT molecular complexity index is 226. The van der Waals surface area contributed by atoms with Gasteiger partial charge in [0.05, 0.1) is 6.07 Å². The lowest BCUT2D eigenvalue weighted by Crippen LogP contribution is -2.35. The van der Waals surface area contributed by atoms with Crippen LogP contribution in [0.4, 0.5) is 0 Å². The summed E-state index contributed by atoms with van der Waals surface area (Å²) in [5, 5.41) is 12.1. The molecule has 0 unspecified atom stereocenters. The summed E-state index contributed by atoms with van der Waals surface area (Å²) in [5.41, 5.74) is 0.338. The van der Waals surface area contributed by atoms with Crippen molar-refractivity contribution in [3.05, 3.63) is 0 Å². The predicted octanol–water partition coefficient (Wildman–Crippen LogP) is 1.61. The van der Waals surface area contributed by atoms with Crippen molar-refractivity contribution in [1.82, 2.24) is 10.2 Å². The summed E-state index contributed by atoms with van der Waals surface area (Å²) in [6.07, 6.45) is 3.18. The molecule has 1 N–H and O–H groups in total. The summed E-state index contributed by atoms with van der Waals surface area (Å²) in [4.78, 5) is 2.33. The molecule has 0 bridgehead atoms. The number of nitriles is 1. The summed E-state index contributed by atoms with van der Waals surface area (Å²) < 4.78 is 0. The van der Waals surface area contributed by atoms with Crippen molar-refractivity contribution in [3.8, 4) is 6.07 Å². The van der Waals surface area contributed by atoms with Crippen LogP contribution in [0.3, 0.4) is 0 Å². The molecule has 15 heavy (non-hydrogen) atoms. The first kappa shape index (κ1) is 12.5. The molecule has 3 heteroatoms. The molecule has 0 saturated heterocycles. The number of likely N-dealkylation sites (N-methyl/N-ethyl adjacent to an activating group) is 1. The Morgan fingerprint density at radius 1 is 1.47 bits per heavy atom. The first-order valence-corrected chi connectivity index (χ1v) is 5.87. The molecule has 3 nitrogen and oxygen atoms in total. The van der Waals surface area contributed by atoms with E-state index in [0.717, 1.165) is 26.1 Å². The molecule has 0 radical (unpaired) electrons. The SMILES string of the molecule is CC(C)N(C)CCNCC1(CC#N)CC1. The lowest BCUT2D eigenvalue weighted by Gasteiger charge is -2.21. The average molecular weight is 209 g/mol. The van der Waals surface area contributed by atoms with E-state index in [1.807, 2.05) is 0 Å². The monoisotopic (exact) mass is 209 g/mol. The molecule has 1 fully saturated rings. The summed E-state index contributed by atoms with van der Waals surface area (Å²) in [6, 6.07) is 2.90. The smallest absolute Gasteiger partial charge is 0.0628 e. The van der Waals surface area contributed by atoms with Crippen molar-refractivity contribution in [2.75, 3.05) is 26.7 Å². The van der Waals surface area contributed by atoms with Crippen LogP contribution in [-0.4, -0.2) is 37.6 Å². The van der Waals surface area contributed by atoms with Crippen LogP contribution in [-0.2, 0) is 0 Å². The summed E-state index contributed by atoms with van der Waals surface area (Å²) >= 11 is 0. The fourth-order valence-corrected chi connectivity index (χ4v) is 1.63. The van der Waals surface area contributed by atoms with Crippen molar-refractivity contribution < 1.29 is 0 Å². The van der Waals surface area contributed by atoms with Gasteiger partial charge in [-0.15, -0.1) is 0 Å². The average Bonchev–Trinajstić information content (AvgIpc) is 2.93. The van der Waals surface area contributed by atoms with E-state index in [-0.39, 0.29) is 0 Å². The molecule has 0 aromatic heterocycles. The maximum absolute atomic E-state index is 8.67. The third kappa shape index (κ3) is 4.19. The van der Waals surface area contributed by atoms with E-state index in [0.29, 0.717) is 11.5 Å². The number of hydrogen-bond donors (Lipinski definition) is 1. The van der Waals surface area contributed by atoms with Gasteiger partial charge in [0.1, 0.15) is 0 Å². The zero-order valence-corrected chi connectivity index (χ0v) is 10.2. The highest BCUT2D eigenvalue weighted by atomic mass is 15.1. The quantitative estimate of drug-likeness (QED) is 0.647. The lowest BCUT2D eigenvalue weighted by atomic mass is 10.0. The van der Waals surface area contributed by atoms with E-state index in [4.69, 9.17) is 5.26 Å². The van der Waals surface area contributed by atoms with Crippen LogP contribution in [0, 0.1) is 16.7 Å². The highest BCUT2D eigenvalue weighted by molar-refractivity contribution is 5.00. The second-order valence-corrected chi connectivity index (χ2v) is 5.09. The van der Waals surface area contributed by atoms with Crippen molar-refractivity contribution in [2.24, 2.45) is 5.41 Å². The standard InChI is InChI=1S/C12H23N3/c1-11(2)15(3)9-8-14-10-12(4-5-12)6-7-13/h11,14H,4-6,8-10H2,1-3H3. The Hall–Kier alpha value is -0.590. The Kier molecular flexibility index (Phi) is 4.56. The summed E-state index contributed by atoms with van der Waals surface area (Å²) in [5.74, 6) is 0. The number of nitrogens with zero attached hydrogens (tertiary/aromatic N) is 2. The minimum absolute atomic E-state index is 0.338. The van der Waals surface area contributed by atoms with Crippen LogP contribution in [0.1, 0.15) is 33.1 Å². The second kappa shape index (κ2) is 5.48. The first-order chi connectivity index (χ1) is 7.09. The molecule has 1 aliphatic carbocycles. The van der Waals surface area contributed by atoms with Gasteiger partial charge in [-0.05, 0) is 39.2 Å². The fourth-order valence-electron chi connectivity index (χ4n) is 1.63. The van der Waals surface area contributed by atoms with Gasteiger partial charge in [0.25, 0.3) is 0 Å². The molecule has 0 atom stereocenters. The minimum Gasteiger partial charge on any atom is -0.315 e. The second-order valence-electron chi connectivity index (χ2n) is 5.09. The zero-order valence-electron chi connectivity index (χ0n) is 10.2. The van der Waals surface area contributed by atoms with Gasteiger partial charge in [0.15, 0.2) is 0 Å². The van der Waals surface area contributed by atoms with E-state index < -0.39 is 0 Å². The molecule has 0 aromatic rings. The van der Waals surface area contributed by atoms with Crippen molar-refractivity contribution in [3.63, 3.8) is 0 Å². The molecular weight excluding hydrogens is 186 g/mol. The van der Waals surface area contributed by atoms with E-state index in [1.54, 1.807) is 0 Å². The van der Waals surface area contributed by atoms with Gasteiger partial charge in [0, 0.05) is 32.1 Å². The van der Waals surface area contributed by atoms with Crippen molar-refractivity contribution >= 4 is 0 Å². The molecule has 1 aliphatic rings. The van der Waals surface area contributed by atoms with Gasteiger partial charge in [-0.1, -0.05) is 0 Å². The van der Waals surface area contributed by atoms with Gasteiger partial charge in [0.2, 0.25) is 0 Å². The van der Waals surface area contributed by atoms with Gasteiger partial charge in [-0.2, -0.15) is 5.26 Å². The Morgan fingerprint density at radius 2 is 2.13 bits per heavy atom. The van der Waals surface area contributed by atoms with Crippen LogP contribution in [0.5, 0.6) is 0 Å². The lowest BCUT2D eigenvalue weighted by molar-refractivity contribution is 0.270. The van der Waals surface area contributed by atoms with Gasteiger partial charge in [-0.25, -0.2) is 0 Å². The molecule has 0 spiro atoms. The van der Waals surface area contributed by atoms with Crippen molar-refractivity contribution in [2.45, 2.75) is 39.2 Å². The molecule has 0 aliphatic heterocycles. The highest BCUT2D eigenvalue weighted by Crippen LogP contribution is 2.47. The number of rotatable bonds is 7. The summed E-state index contributed by atoms with van der Waals surface area (Å²) in [6.45, 7) is 7.55. The van der Waals surface area contributed by atoms with E-state index in [9.17, 15) is 0 Å². The molecule has 0 aromatic carbocycles. The van der Waals surface area contributed by atoms with Crippen LogP contribution < -0.4 is 5.32 Å². The zero-order chi connectivity index (χ0) is 11.3. The van der Waals surface area contributed by atoms with Gasteiger partial charge >= 0.3 is 0 Å². The van der Waals surface area contributed by atoms with Gasteiger partial charge in [-0.3, -0.25) is 0 Å². The molecule has 0 amide bonds. The predicted molar refractivity (Wildman–Crippen MR) is 62.5 cm³/mol. The maximum atomic E-state index is 8.67. The fraction of sp³-hybridized carbons (Fsp3) is 0.917. The van der Waals surface area contributed by atoms with Crippen LogP contribution in [0.25, 0.3) is 0 Å². The third-order valence-electron chi connectivity index (χ3n) is 3.43. The topological polar surface area (TPSA) is 39.1 Å². The van der Waals surface area contributed by atoms with Crippen LogP contribution >= 0.6 is 0 Å². The molecule has 86 valence electrons. The third-order valence-corrected chi connectivity index (χ3v) is 3.43. The molecular formula is C12H23N3. The highest BCUT2D eigenvalue weighted by Gasteiger charge is 2.41. The van der Waals surface area contributed by atoms with Crippen LogP contribution in [0.15, 0.2) is 0 Å². The largest absolute Gasteiger partial charge is 0.315 e. The van der Waals surface area contributed by atoms with Gasteiger partial charge < -0.3 is 10.2 Å². The molecule has 1 saturated carbocycles. The Morgan fingerprint density at radius 3 is 2.60 bits per heavy atom. The molecule has 1 rings (SSSR count). The number of hydrogen-bond acceptors (Lipinski definition) is 3. The van der Waals surface area contributed by atoms with Crippen molar-refractivity contribution in [1.29, 1.82) is 5.26 Å².